The van der Waals surface area contributed by atoms with E-state index < -0.39 is 5.91 Å². The third kappa shape index (κ3) is 3.58. The number of hydrogen-bond donors (Lipinski definition) is 3. The van der Waals surface area contributed by atoms with E-state index in [-0.39, 0.29) is 17.1 Å². The van der Waals surface area contributed by atoms with Gasteiger partial charge in [-0.25, -0.2) is 5.43 Å². The molecule has 1 amide bonds. The number of hydrazone groups is 1. The minimum atomic E-state index is -0.500. The Bertz CT molecular complexity index is 523. The Hall–Kier alpha value is -2.30. The predicted molar refractivity (Wildman–Crippen MR) is 72.2 cm³/mol. The van der Waals surface area contributed by atoms with Crippen molar-refractivity contribution in [1.29, 1.82) is 0 Å². The number of amides is 1. The van der Waals surface area contributed by atoms with Crippen LogP contribution in [0.1, 0.15) is 29.6 Å². The number of nitrogens with zero attached hydrogens (tertiary/aromatic N) is 1. The molecule has 1 aromatic rings. The number of rotatable bonds is 3. The summed E-state index contributed by atoms with van der Waals surface area (Å²) < 4.78 is 0. The number of allylic oxidation sites excluding steroid dienone is 2. The Labute approximate surface area is 111 Å². The average molecular weight is 260 g/mol. The van der Waals surface area contributed by atoms with E-state index in [4.69, 9.17) is 5.11 Å². The van der Waals surface area contributed by atoms with Gasteiger partial charge < -0.3 is 10.2 Å². The van der Waals surface area contributed by atoms with Crippen molar-refractivity contribution in [3.05, 3.63) is 35.9 Å². The maximum Gasteiger partial charge on any atom is 0.275 e. The van der Waals surface area contributed by atoms with Crippen LogP contribution in [0.3, 0.4) is 0 Å². The Morgan fingerprint density at radius 1 is 1.37 bits per heavy atom. The minimum absolute atomic E-state index is 0.0819. The lowest BCUT2D eigenvalue weighted by atomic mass is 9.96. The normalized spacial score (nSPS) is 18.6. The first-order valence-corrected chi connectivity index (χ1v) is 6.17. The molecule has 0 bridgehead atoms. The van der Waals surface area contributed by atoms with Gasteiger partial charge in [0.05, 0.1) is 5.56 Å². The van der Waals surface area contributed by atoms with E-state index in [2.05, 4.69) is 22.7 Å². The molecule has 0 aromatic heterocycles. The summed E-state index contributed by atoms with van der Waals surface area (Å²) in [6.07, 6.45) is 8.96. The third-order valence-corrected chi connectivity index (χ3v) is 2.99. The van der Waals surface area contributed by atoms with E-state index in [9.17, 15) is 9.90 Å². The lowest BCUT2D eigenvalue weighted by Crippen LogP contribution is -2.18. The van der Waals surface area contributed by atoms with Crippen LogP contribution < -0.4 is 5.43 Å². The van der Waals surface area contributed by atoms with Gasteiger partial charge >= 0.3 is 0 Å². The summed E-state index contributed by atoms with van der Waals surface area (Å²) in [5, 5.41) is 22.6. The van der Waals surface area contributed by atoms with Crippen molar-refractivity contribution >= 4 is 12.1 Å². The maximum absolute atomic E-state index is 11.7. The van der Waals surface area contributed by atoms with Crippen LogP contribution in [0.15, 0.2) is 35.5 Å². The summed E-state index contributed by atoms with van der Waals surface area (Å²) in [6, 6.07) is 3.80. The van der Waals surface area contributed by atoms with Gasteiger partial charge in [0.1, 0.15) is 11.5 Å². The Balaban J connectivity index is 1.93. The van der Waals surface area contributed by atoms with Gasteiger partial charge in [0.15, 0.2) is 0 Å². The number of carbonyl (C=O) groups is 1. The molecular formula is C14H16N2O3. The van der Waals surface area contributed by atoms with E-state index in [1.165, 1.54) is 12.1 Å². The monoisotopic (exact) mass is 260 g/mol. The summed E-state index contributed by atoms with van der Waals surface area (Å²) in [5.41, 5.74) is 2.45. The minimum Gasteiger partial charge on any atom is -0.508 e. The standard InChI is InChI=1S/C14H16N2O3/c17-11-6-7-12(13(18)8-11)14(19)16-15-9-10-4-2-1-3-5-10/h1-2,6-10,17-18H,3-5H2,(H,16,19)/b15-9-. The fraction of sp³-hybridized carbons (Fsp3) is 0.286. The predicted octanol–water partition coefficient (Wildman–Crippen LogP) is 2.17. The Morgan fingerprint density at radius 3 is 2.89 bits per heavy atom. The van der Waals surface area contributed by atoms with Crippen molar-refractivity contribution < 1.29 is 15.0 Å². The van der Waals surface area contributed by atoms with Gasteiger partial charge in [0.2, 0.25) is 0 Å². The van der Waals surface area contributed by atoms with Crippen LogP contribution in [0.25, 0.3) is 0 Å². The van der Waals surface area contributed by atoms with Gasteiger partial charge in [-0.05, 0) is 37.3 Å². The van der Waals surface area contributed by atoms with Crippen molar-refractivity contribution in [1.82, 2.24) is 5.43 Å². The molecule has 1 unspecified atom stereocenters. The second-order valence-electron chi connectivity index (χ2n) is 4.47. The maximum atomic E-state index is 11.7. The molecule has 1 aliphatic carbocycles. The van der Waals surface area contributed by atoms with E-state index in [0.717, 1.165) is 25.3 Å². The third-order valence-electron chi connectivity index (χ3n) is 2.99. The van der Waals surface area contributed by atoms with Crippen molar-refractivity contribution in [3.63, 3.8) is 0 Å². The molecule has 5 heteroatoms. The van der Waals surface area contributed by atoms with E-state index in [0.29, 0.717) is 5.92 Å². The largest absolute Gasteiger partial charge is 0.508 e. The topological polar surface area (TPSA) is 81.9 Å². The van der Waals surface area contributed by atoms with Crippen LogP contribution in [0.5, 0.6) is 11.5 Å². The molecule has 1 atom stereocenters. The van der Waals surface area contributed by atoms with Crippen LogP contribution in [0.4, 0.5) is 0 Å². The smallest absolute Gasteiger partial charge is 0.275 e. The lowest BCUT2D eigenvalue weighted by molar-refractivity contribution is 0.0952. The highest BCUT2D eigenvalue weighted by atomic mass is 16.3. The molecule has 0 saturated carbocycles. The number of nitrogens with one attached hydrogen (secondary N) is 1. The quantitative estimate of drug-likeness (QED) is 0.442. The molecular weight excluding hydrogens is 244 g/mol. The van der Waals surface area contributed by atoms with Gasteiger partial charge in [-0.1, -0.05) is 12.2 Å². The molecule has 0 saturated heterocycles. The van der Waals surface area contributed by atoms with Gasteiger partial charge in [0, 0.05) is 12.3 Å². The van der Waals surface area contributed by atoms with Crippen molar-refractivity contribution in [2.45, 2.75) is 19.3 Å². The fourth-order valence-electron chi connectivity index (χ4n) is 1.93. The fourth-order valence-corrected chi connectivity index (χ4v) is 1.93. The number of carbonyl (C=O) groups excluding carboxylic acids is 1. The molecule has 0 aliphatic heterocycles. The zero-order chi connectivity index (χ0) is 13.7. The number of hydrogen-bond acceptors (Lipinski definition) is 4. The zero-order valence-corrected chi connectivity index (χ0v) is 10.4. The second-order valence-corrected chi connectivity index (χ2v) is 4.47. The van der Waals surface area contributed by atoms with Crippen LogP contribution in [0, 0.1) is 5.92 Å². The Morgan fingerprint density at radius 2 is 2.21 bits per heavy atom. The molecule has 0 spiro atoms. The number of aromatic hydroxyl groups is 2. The van der Waals surface area contributed by atoms with Crippen molar-refractivity contribution in [3.8, 4) is 11.5 Å². The summed E-state index contributed by atoms with van der Waals surface area (Å²) >= 11 is 0. The molecule has 19 heavy (non-hydrogen) atoms. The highest BCUT2D eigenvalue weighted by Crippen LogP contribution is 2.22. The van der Waals surface area contributed by atoms with Crippen LogP contribution in [-0.4, -0.2) is 22.3 Å². The Kier molecular flexibility index (Phi) is 4.18. The van der Waals surface area contributed by atoms with Gasteiger partial charge in [0.25, 0.3) is 5.91 Å². The molecule has 0 radical (unpaired) electrons. The zero-order valence-electron chi connectivity index (χ0n) is 10.4. The van der Waals surface area contributed by atoms with Gasteiger partial charge in [-0.15, -0.1) is 0 Å². The first kappa shape index (κ1) is 13.1. The molecule has 1 aliphatic rings. The molecule has 2 rings (SSSR count). The summed E-state index contributed by atoms with van der Waals surface area (Å²) in [7, 11) is 0. The lowest BCUT2D eigenvalue weighted by Gasteiger charge is -2.11. The van der Waals surface area contributed by atoms with Crippen LogP contribution in [-0.2, 0) is 0 Å². The SMILES string of the molecule is O=C(N/N=C\C1CC=CCC1)c1ccc(O)cc1O. The first-order valence-electron chi connectivity index (χ1n) is 6.17. The van der Waals surface area contributed by atoms with Crippen LogP contribution >= 0.6 is 0 Å². The second kappa shape index (κ2) is 6.04. The van der Waals surface area contributed by atoms with Crippen molar-refractivity contribution in [2.24, 2.45) is 11.0 Å². The van der Waals surface area contributed by atoms with Gasteiger partial charge in [-0.2, -0.15) is 5.10 Å². The number of phenolic OH excluding ortho intramolecular Hbond substituents is 2. The molecule has 100 valence electrons. The average Bonchev–Trinajstić information content (AvgIpc) is 2.39. The summed E-state index contributed by atoms with van der Waals surface area (Å²) in [4.78, 5) is 11.7. The number of benzene rings is 1. The molecule has 0 heterocycles. The van der Waals surface area contributed by atoms with Crippen LogP contribution in [0.2, 0.25) is 0 Å². The van der Waals surface area contributed by atoms with Gasteiger partial charge in [-0.3, -0.25) is 4.79 Å². The molecule has 5 nitrogen and oxygen atoms in total. The first-order chi connectivity index (χ1) is 9.16. The van der Waals surface area contributed by atoms with E-state index in [1.807, 2.05) is 0 Å². The van der Waals surface area contributed by atoms with Crippen molar-refractivity contribution in [2.75, 3.05) is 0 Å². The number of phenols is 2. The highest BCUT2D eigenvalue weighted by Gasteiger charge is 2.11. The van der Waals surface area contributed by atoms with E-state index in [1.54, 1.807) is 6.21 Å². The summed E-state index contributed by atoms with van der Waals surface area (Å²) in [6.45, 7) is 0. The molecule has 1 aromatic carbocycles. The summed E-state index contributed by atoms with van der Waals surface area (Å²) in [5.74, 6) is -0.515. The highest BCUT2D eigenvalue weighted by molar-refractivity contribution is 5.97. The molecule has 3 N–H and O–H groups in total. The molecule has 0 fully saturated rings. The van der Waals surface area contributed by atoms with E-state index >= 15 is 0 Å².